The zero-order valence-corrected chi connectivity index (χ0v) is 9.93. The van der Waals surface area contributed by atoms with Crippen LogP contribution in [-0.2, 0) is 4.79 Å². The molecule has 0 aliphatic heterocycles. The van der Waals surface area contributed by atoms with Crippen LogP contribution in [0.2, 0.25) is 0 Å². The molecule has 0 heterocycles. The average Bonchev–Trinajstić information content (AvgIpc) is 2.20. The van der Waals surface area contributed by atoms with Crippen LogP contribution in [0.5, 0.6) is 0 Å². The maximum Gasteiger partial charge on any atom is 0.228 e. The van der Waals surface area contributed by atoms with Crippen molar-refractivity contribution in [1.82, 2.24) is 5.32 Å². The predicted octanol–water partition coefficient (Wildman–Crippen LogP) is 1.88. The monoisotopic (exact) mass is 227 g/mol. The van der Waals surface area contributed by atoms with Crippen LogP contribution in [0.1, 0.15) is 27.2 Å². The smallest absolute Gasteiger partial charge is 0.228 e. The van der Waals surface area contributed by atoms with Crippen LogP contribution in [0, 0.1) is 11.3 Å². The number of rotatable bonds is 3. The van der Waals surface area contributed by atoms with Crippen LogP contribution in [-0.4, -0.2) is 24.0 Å². The number of nitrogens with one attached hydrogen (secondary N) is 1. The number of hydrogen-bond acceptors (Lipinski definition) is 3. The van der Waals surface area contributed by atoms with Crippen LogP contribution in [0.15, 0.2) is 10.3 Å². The first-order valence-electron chi connectivity index (χ1n) is 4.84. The topological polar surface area (TPSA) is 110 Å². The Balaban J connectivity index is 5.08. The first-order valence-corrected chi connectivity index (χ1v) is 4.84. The fourth-order valence-corrected chi connectivity index (χ4v) is 1.29. The van der Waals surface area contributed by atoms with Gasteiger partial charge in [-0.3, -0.25) is 4.79 Å². The van der Waals surface area contributed by atoms with E-state index in [4.69, 9.17) is 10.7 Å². The zero-order chi connectivity index (χ0) is 12.8. The quantitative estimate of drug-likeness (QED) is 0.146. The van der Waals surface area contributed by atoms with Crippen molar-refractivity contribution < 1.29 is 10.0 Å². The summed E-state index contributed by atoms with van der Waals surface area (Å²) in [6.07, 6.45) is 0.422. The Bertz CT molecular complexity index is 325. The van der Waals surface area contributed by atoms with Crippen molar-refractivity contribution in [2.45, 2.75) is 27.2 Å². The average molecular weight is 227 g/mol. The van der Waals surface area contributed by atoms with Crippen molar-refractivity contribution in [3.05, 3.63) is 10.4 Å². The van der Waals surface area contributed by atoms with Gasteiger partial charge in [-0.1, -0.05) is 25.9 Å². The van der Waals surface area contributed by atoms with Crippen LogP contribution in [0.3, 0.4) is 0 Å². The molecule has 0 aromatic rings. The largest absolute Gasteiger partial charge is 0.411 e. The van der Waals surface area contributed by atoms with Gasteiger partial charge >= 0.3 is 0 Å². The van der Waals surface area contributed by atoms with Gasteiger partial charge in [-0.2, -0.15) is 0 Å². The summed E-state index contributed by atoms with van der Waals surface area (Å²) in [5.74, 6) is -1.29. The molecule has 1 atom stereocenters. The molecule has 0 aromatic heterocycles. The number of nitrogens with zero attached hydrogens (tertiary/aromatic N) is 4. The summed E-state index contributed by atoms with van der Waals surface area (Å²) in [5, 5.41) is 17.2. The molecule has 0 spiro atoms. The van der Waals surface area contributed by atoms with Gasteiger partial charge in [0.05, 0.1) is 5.92 Å². The summed E-state index contributed by atoms with van der Waals surface area (Å²) in [5.41, 5.74) is 8.15. The van der Waals surface area contributed by atoms with E-state index in [1.165, 1.54) is 7.05 Å². The van der Waals surface area contributed by atoms with Crippen LogP contribution in [0.4, 0.5) is 0 Å². The summed E-state index contributed by atoms with van der Waals surface area (Å²) in [4.78, 5) is 14.1. The maximum atomic E-state index is 11.6. The first-order chi connectivity index (χ1) is 7.35. The number of amidine groups is 1. The normalized spacial score (nSPS) is 13.9. The number of carbonyl (C=O) groups is 1. The molecule has 90 valence electrons. The Morgan fingerprint density at radius 2 is 2.12 bits per heavy atom. The first kappa shape index (κ1) is 14.2. The van der Waals surface area contributed by atoms with Crippen molar-refractivity contribution in [3.63, 3.8) is 0 Å². The van der Waals surface area contributed by atoms with Crippen molar-refractivity contribution in [3.8, 4) is 0 Å². The Hall–Kier alpha value is -1.75. The van der Waals surface area contributed by atoms with Crippen molar-refractivity contribution in [1.29, 1.82) is 0 Å². The van der Waals surface area contributed by atoms with E-state index in [1.807, 2.05) is 20.8 Å². The predicted molar refractivity (Wildman–Crippen MR) is 60.0 cm³/mol. The Labute approximate surface area is 94.1 Å². The third kappa shape index (κ3) is 4.65. The summed E-state index contributed by atoms with van der Waals surface area (Å²) in [7, 11) is 1.48. The van der Waals surface area contributed by atoms with E-state index in [0.29, 0.717) is 6.42 Å². The SMILES string of the molecule is CNC(=O)C(CC(C)(C)C)/C(N=[N+]=[N-])=N/O. The third-order valence-electron chi connectivity index (χ3n) is 1.94. The Kier molecular flexibility index (Phi) is 5.32. The van der Waals surface area contributed by atoms with Gasteiger partial charge in [-0.05, 0) is 22.5 Å². The molecule has 0 saturated carbocycles. The second-order valence-electron chi connectivity index (χ2n) is 4.58. The number of oxime groups is 1. The number of amides is 1. The van der Waals surface area contributed by atoms with E-state index in [1.54, 1.807) is 0 Å². The molecule has 7 nitrogen and oxygen atoms in total. The molecule has 0 rings (SSSR count). The minimum absolute atomic E-state index is 0.155. The van der Waals surface area contributed by atoms with E-state index < -0.39 is 5.92 Å². The van der Waals surface area contributed by atoms with Gasteiger partial charge in [0.15, 0.2) is 5.84 Å². The summed E-state index contributed by atoms with van der Waals surface area (Å²) < 4.78 is 0. The van der Waals surface area contributed by atoms with E-state index in [9.17, 15) is 4.79 Å². The minimum Gasteiger partial charge on any atom is -0.411 e. The van der Waals surface area contributed by atoms with E-state index in [-0.39, 0.29) is 17.2 Å². The molecule has 0 aliphatic rings. The lowest BCUT2D eigenvalue weighted by Gasteiger charge is -2.23. The van der Waals surface area contributed by atoms with Crippen molar-refractivity contribution in [2.75, 3.05) is 7.05 Å². The molecule has 0 fully saturated rings. The van der Waals surface area contributed by atoms with E-state index >= 15 is 0 Å². The summed E-state index contributed by atoms with van der Waals surface area (Å²) in [6, 6.07) is 0. The standard InChI is InChI=1S/C9H17N5O2/c1-9(2,3)5-6(8(15)11-4)7(13-16)12-14-10/h6,16H,5H2,1-4H3,(H,11,15)/b13-7-. The number of hydrogen-bond donors (Lipinski definition) is 2. The van der Waals surface area contributed by atoms with Crippen LogP contribution >= 0.6 is 0 Å². The van der Waals surface area contributed by atoms with Gasteiger partial charge in [0.2, 0.25) is 5.91 Å². The molecule has 1 unspecified atom stereocenters. The van der Waals surface area contributed by atoms with Crippen LogP contribution in [0.25, 0.3) is 10.4 Å². The molecule has 0 radical (unpaired) electrons. The van der Waals surface area contributed by atoms with Crippen molar-refractivity contribution in [2.24, 2.45) is 21.6 Å². The molecule has 7 heteroatoms. The molecular formula is C9H17N5O2. The molecular weight excluding hydrogens is 210 g/mol. The highest BCUT2D eigenvalue weighted by Crippen LogP contribution is 2.25. The zero-order valence-electron chi connectivity index (χ0n) is 9.93. The lowest BCUT2D eigenvalue weighted by molar-refractivity contribution is -0.123. The second-order valence-corrected chi connectivity index (χ2v) is 4.58. The van der Waals surface area contributed by atoms with Crippen molar-refractivity contribution >= 4 is 11.7 Å². The number of azide groups is 1. The molecule has 2 N–H and O–H groups in total. The number of carbonyl (C=O) groups excluding carboxylic acids is 1. The van der Waals surface area contributed by atoms with E-state index in [2.05, 4.69) is 20.5 Å². The van der Waals surface area contributed by atoms with Gasteiger partial charge < -0.3 is 10.5 Å². The fourth-order valence-electron chi connectivity index (χ4n) is 1.29. The lowest BCUT2D eigenvalue weighted by Crippen LogP contribution is -2.35. The minimum atomic E-state index is -0.745. The fraction of sp³-hybridized carbons (Fsp3) is 0.778. The lowest BCUT2D eigenvalue weighted by atomic mass is 9.83. The van der Waals surface area contributed by atoms with Gasteiger partial charge in [0.1, 0.15) is 0 Å². The summed E-state index contributed by atoms with van der Waals surface area (Å²) in [6.45, 7) is 5.82. The van der Waals surface area contributed by atoms with Gasteiger partial charge in [-0.25, -0.2) is 0 Å². The van der Waals surface area contributed by atoms with Gasteiger partial charge in [-0.15, -0.1) is 0 Å². The highest BCUT2D eigenvalue weighted by molar-refractivity contribution is 6.03. The molecule has 16 heavy (non-hydrogen) atoms. The second kappa shape index (κ2) is 5.97. The van der Waals surface area contributed by atoms with Crippen LogP contribution < -0.4 is 5.32 Å². The molecule has 0 aromatic carbocycles. The molecule has 0 aliphatic carbocycles. The van der Waals surface area contributed by atoms with Gasteiger partial charge in [0, 0.05) is 12.0 Å². The molecule has 0 bridgehead atoms. The summed E-state index contributed by atoms with van der Waals surface area (Å²) >= 11 is 0. The molecule has 1 amide bonds. The Morgan fingerprint density at radius 3 is 2.44 bits per heavy atom. The van der Waals surface area contributed by atoms with Gasteiger partial charge in [0.25, 0.3) is 0 Å². The molecule has 0 saturated heterocycles. The maximum absolute atomic E-state index is 11.6. The highest BCUT2D eigenvalue weighted by atomic mass is 16.4. The Morgan fingerprint density at radius 1 is 1.56 bits per heavy atom. The highest BCUT2D eigenvalue weighted by Gasteiger charge is 2.28. The third-order valence-corrected chi connectivity index (χ3v) is 1.94. The van der Waals surface area contributed by atoms with E-state index in [0.717, 1.165) is 0 Å².